The molecule has 2 heterocycles. The van der Waals surface area contributed by atoms with Gasteiger partial charge < -0.3 is 5.32 Å². The maximum absolute atomic E-state index is 13.6. The van der Waals surface area contributed by atoms with E-state index in [4.69, 9.17) is 23.2 Å². The lowest BCUT2D eigenvalue weighted by atomic mass is 10.1. The van der Waals surface area contributed by atoms with E-state index < -0.39 is 21.3 Å². The highest BCUT2D eigenvalue weighted by molar-refractivity contribution is 7.90. The Labute approximate surface area is 231 Å². The summed E-state index contributed by atoms with van der Waals surface area (Å²) in [6, 6.07) is 19.2. The lowest BCUT2D eigenvalue weighted by molar-refractivity contribution is 0.102. The average molecular weight is 581 g/mol. The van der Waals surface area contributed by atoms with Crippen LogP contribution in [0.15, 0.2) is 106 Å². The molecule has 2 aromatic heterocycles. The summed E-state index contributed by atoms with van der Waals surface area (Å²) in [5, 5.41) is 3.28. The fraction of sp³-hybridized carbons (Fsp3) is 0.0370. The van der Waals surface area contributed by atoms with Crippen molar-refractivity contribution in [3.63, 3.8) is 0 Å². The Hall–Kier alpha value is -4.25. The molecule has 1 amide bonds. The van der Waals surface area contributed by atoms with E-state index in [-0.39, 0.29) is 37.2 Å². The highest BCUT2D eigenvalue weighted by Crippen LogP contribution is 2.20. The normalized spacial score (nSPS) is 11.4. The van der Waals surface area contributed by atoms with Gasteiger partial charge in [-0.15, -0.1) is 3.97 Å². The third-order valence-electron chi connectivity index (χ3n) is 5.90. The molecule has 0 unspecified atom stereocenters. The summed E-state index contributed by atoms with van der Waals surface area (Å²) in [6.45, 7) is -0.101. The van der Waals surface area contributed by atoms with Gasteiger partial charge in [0, 0.05) is 21.8 Å². The summed E-state index contributed by atoms with van der Waals surface area (Å²) < 4.78 is 28.2. The summed E-state index contributed by atoms with van der Waals surface area (Å²) in [5.41, 5.74) is -0.434. The molecule has 0 aliphatic heterocycles. The Morgan fingerprint density at radius 2 is 1.59 bits per heavy atom. The van der Waals surface area contributed by atoms with Crippen LogP contribution in [0, 0.1) is 0 Å². The molecule has 0 saturated carbocycles. The van der Waals surface area contributed by atoms with E-state index in [0.717, 1.165) is 4.57 Å². The molecular weight excluding hydrogens is 563 g/mol. The number of nitrogens with zero attached hydrogens (tertiary/aromatic N) is 3. The topological polar surface area (TPSA) is 120 Å². The predicted molar refractivity (Wildman–Crippen MR) is 149 cm³/mol. The van der Waals surface area contributed by atoms with Gasteiger partial charge in [0.2, 0.25) is 0 Å². The number of pyridine rings is 1. The van der Waals surface area contributed by atoms with Crippen LogP contribution < -0.4 is 16.6 Å². The molecule has 1 N–H and O–H groups in total. The molecule has 0 atom stereocenters. The molecule has 0 saturated heterocycles. The zero-order valence-electron chi connectivity index (χ0n) is 19.9. The molecule has 196 valence electrons. The van der Waals surface area contributed by atoms with E-state index in [1.165, 1.54) is 48.7 Å². The fourth-order valence-corrected chi connectivity index (χ4v) is 5.58. The molecule has 0 fully saturated rings. The van der Waals surface area contributed by atoms with Crippen LogP contribution in [0.4, 0.5) is 5.69 Å². The Morgan fingerprint density at radius 3 is 2.26 bits per heavy atom. The molecule has 39 heavy (non-hydrogen) atoms. The molecular formula is C27H18Cl2N4O5S. The van der Waals surface area contributed by atoms with E-state index in [2.05, 4.69) is 10.3 Å². The second-order valence-corrected chi connectivity index (χ2v) is 11.1. The van der Waals surface area contributed by atoms with Crippen molar-refractivity contribution in [3.8, 4) is 0 Å². The van der Waals surface area contributed by atoms with Crippen molar-refractivity contribution in [2.45, 2.75) is 11.4 Å². The Balaban J connectivity index is 1.58. The highest BCUT2D eigenvalue weighted by Gasteiger charge is 2.25. The van der Waals surface area contributed by atoms with Crippen molar-refractivity contribution < 1.29 is 13.2 Å². The summed E-state index contributed by atoms with van der Waals surface area (Å²) in [4.78, 5) is 43.1. The Morgan fingerprint density at radius 1 is 0.897 bits per heavy atom. The minimum Gasteiger partial charge on any atom is -0.321 e. The van der Waals surface area contributed by atoms with Crippen LogP contribution in [-0.4, -0.2) is 27.8 Å². The van der Waals surface area contributed by atoms with Crippen LogP contribution in [0.25, 0.3) is 10.9 Å². The van der Waals surface area contributed by atoms with Gasteiger partial charge in [0.05, 0.1) is 34.2 Å². The Bertz CT molecular complexity index is 1940. The minimum atomic E-state index is -4.56. The number of hydrogen-bond donors (Lipinski definition) is 1. The van der Waals surface area contributed by atoms with Gasteiger partial charge in [0.15, 0.2) is 0 Å². The van der Waals surface area contributed by atoms with Crippen LogP contribution in [0.3, 0.4) is 0 Å². The van der Waals surface area contributed by atoms with Crippen LogP contribution in [0.5, 0.6) is 0 Å². The van der Waals surface area contributed by atoms with Crippen LogP contribution in [0.2, 0.25) is 10.0 Å². The zero-order chi connectivity index (χ0) is 27.7. The molecule has 5 rings (SSSR count). The van der Waals surface area contributed by atoms with E-state index in [9.17, 15) is 22.8 Å². The molecule has 0 radical (unpaired) electrons. The number of benzene rings is 3. The van der Waals surface area contributed by atoms with Crippen molar-refractivity contribution in [2.75, 3.05) is 5.32 Å². The number of anilines is 1. The molecule has 5 aromatic rings. The number of carbonyl (C=O) groups excluding carboxylic acids is 1. The zero-order valence-corrected chi connectivity index (χ0v) is 22.2. The quantitative estimate of drug-likeness (QED) is 0.318. The van der Waals surface area contributed by atoms with Crippen molar-refractivity contribution in [3.05, 3.63) is 133 Å². The van der Waals surface area contributed by atoms with Gasteiger partial charge in [0.1, 0.15) is 0 Å². The van der Waals surface area contributed by atoms with E-state index in [1.54, 1.807) is 42.6 Å². The lowest BCUT2D eigenvalue weighted by Gasteiger charge is -2.15. The van der Waals surface area contributed by atoms with E-state index >= 15 is 0 Å². The van der Waals surface area contributed by atoms with Gasteiger partial charge in [-0.05, 0) is 72.3 Å². The first-order chi connectivity index (χ1) is 18.6. The number of halogens is 2. The number of carbonyl (C=O) groups is 1. The van der Waals surface area contributed by atoms with Crippen molar-refractivity contribution in [1.29, 1.82) is 0 Å². The van der Waals surface area contributed by atoms with Gasteiger partial charge in [-0.25, -0.2) is 13.2 Å². The summed E-state index contributed by atoms with van der Waals surface area (Å²) >= 11 is 12.0. The van der Waals surface area contributed by atoms with Gasteiger partial charge >= 0.3 is 5.69 Å². The number of hydrogen-bond acceptors (Lipinski definition) is 6. The number of fused-ring (bicyclic) bond motifs is 1. The van der Waals surface area contributed by atoms with Crippen LogP contribution in [-0.2, 0) is 16.6 Å². The van der Waals surface area contributed by atoms with Gasteiger partial charge in [0.25, 0.3) is 21.5 Å². The number of rotatable bonds is 6. The van der Waals surface area contributed by atoms with Crippen LogP contribution >= 0.6 is 23.2 Å². The monoisotopic (exact) mass is 580 g/mol. The molecule has 0 spiro atoms. The third kappa shape index (κ3) is 5.22. The second-order valence-electron chi connectivity index (χ2n) is 8.45. The second kappa shape index (κ2) is 10.5. The molecule has 0 aliphatic carbocycles. The van der Waals surface area contributed by atoms with Gasteiger partial charge in [-0.1, -0.05) is 35.3 Å². The Kier molecular flexibility index (Phi) is 7.09. The predicted octanol–water partition coefficient (Wildman–Crippen LogP) is 4.40. The summed E-state index contributed by atoms with van der Waals surface area (Å²) in [7, 11) is -4.56. The maximum atomic E-state index is 13.6. The maximum Gasteiger partial charge on any atom is 0.346 e. The van der Waals surface area contributed by atoms with E-state index in [0.29, 0.717) is 21.8 Å². The van der Waals surface area contributed by atoms with Crippen molar-refractivity contribution >= 4 is 55.7 Å². The fourth-order valence-electron chi connectivity index (χ4n) is 3.98. The summed E-state index contributed by atoms with van der Waals surface area (Å²) in [5.74, 6) is -0.355. The number of aromatic nitrogens is 3. The van der Waals surface area contributed by atoms with Crippen molar-refractivity contribution in [1.82, 2.24) is 13.5 Å². The average Bonchev–Trinajstić information content (AvgIpc) is 2.92. The minimum absolute atomic E-state index is 0.0102. The largest absolute Gasteiger partial charge is 0.346 e. The first-order valence-corrected chi connectivity index (χ1v) is 13.6. The summed E-state index contributed by atoms with van der Waals surface area (Å²) in [6.07, 6.45) is 3.11. The van der Waals surface area contributed by atoms with Gasteiger partial charge in [-0.3, -0.25) is 19.1 Å². The third-order valence-corrected chi connectivity index (χ3v) is 8.06. The smallest absolute Gasteiger partial charge is 0.321 e. The first-order valence-electron chi connectivity index (χ1n) is 11.4. The molecule has 0 aliphatic rings. The highest BCUT2D eigenvalue weighted by atomic mass is 35.5. The lowest BCUT2D eigenvalue weighted by Crippen LogP contribution is -2.44. The van der Waals surface area contributed by atoms with E-state index in [1.807, 2.05) is 0 Å². The van der Waals surface area contributed by atoms with Crippen molar-refractivity contribution in [2.24, 2.45) is 0 Å². The molecule has 3 aromatic carbocycles. The molecule has 12 heteroatoms. The first kappa shape index (κ1) is 26.4. The SMILES string of the molecule is O=C(Nc1cccnc1)c1ccc(Cn2c(=O)n(S(=O)(=O)c3ccc(Cl)cc3)c(=O)c3ccc(Cl)cc32)cc1. The number of nitrogens with one attached hydrogen (secondary N) is 1. The number of amides is 1. The van der Waals surface area contributed by atoms with Crippen LogP contribution in [0.1, 0.15) is 15.9 Å². The standard InChI is InChI=1S/C27H18Cl2N4O5S/c28-19-7-10-22(11-8-19)39(37,38)33-26(35)23-12-9-20(29)14-24(23)32(27(33)36)16-17-3-5-18(6-4-17)25(34)31-21-2-1-13-30-15-21/h1-15H,16H2,(H,31,34). The molecule has 9 nitrogen and oxygen atoms in total. The molecule has 0 bridgehead atoms. The van der Waals surface area contributed by atoms with Gasteiger partial charge in [-0.2, -0.15) is 0 Å².